The number of nitrogens with one attached hydrogen (secondary N) is 1. The van der Waals surface area contributed by atoms with E-state index in [4.69, 9.17) is 27.9 Å². The molecule has 25 heavy (non-hydrogen) atoms. The van der Waals surface area contributed by atoms with Crippen molar-refractivity contribution in [3.8, 4) is 0 Å². The zero-order chi connectivity index (χ0) is 19.2. The van der Waals surface area contributed by atoms with Crippen LogP contribution < -0.4 is 5.32 Å². The minimum atomic E-state index is -0.929. The average Bonchev–Trinajstić information content (AvgIpc) is 2.46. The third-order valence-corrected chi connectivity index (χ3v) is 3.72. The summed E-state index contributed by atoms with van der Waals surface area (Å²) in [6.07, 6.45) is 0.803. The summed E-state index contributed by atoms with van der Waals surface area (Å²) in [5, 5.41) is 3.26. The molecule has 0 bridgehead atoms. The second-order valence-corrected chi connectivity index (χ2v) is 7.45. The zero-order valence-corrected chi connectivity index (χ0v) is 16.5. The van der Waals surface area contributed by atoms with Gasteiger partial charge < -0.3 is 15.0 Å². The second kappa shape index (κ2) is 9.06. The van der Waals surface area contributed by atoms with Gasteiger partial charge in [0.05, 0.1) is 16.4 Å². The molecule has 0 saturated heterocycles. The highest BCUT2D eigenvalue weighted by atomic mass is 35.5. The van der Waals surface area contributed by atoms with E-state index >= 15 is 0 Å². The van der Waals surface area contributed by atoms with Crippen LogP contribution in [0.1, 0.15) is 26.3 Å². The van der Waals surface area contributed by atoms with Gasteiger partial charge in [0.2, 0.25) is 0 Å². The SMILES string of the molecule is CN(C)/C=N\C(=O)C(Cc1cccc(Cl)c1Cl)NC(=O)OC(C)(C)C. The summed E-state index contributed by atoms with van der Waals surface area (Å²) >= 11 is 12.2. The van der Waals surface area contributed by atoms with Crippen LogP contribution in [0.25, 0.3) is 0 Å². The van der Waals surface area contributed by atoms with Gasteiger partial charge in [-0.2, -0.15) is 0 Å². The van der Waals surface area contributed by atoms with Gasteiger partial charge in [-0.15, -0.1) is 0 Å². The van der Waals surface area contributed by atoms with Crippen molar-refractivity contribution in [3.05, 3.63) is 33.8 Å². The first-order valence-electron chi connectivity index (χ1n) is 7.66. The Balaban J connectivity index is 3.00. The van der Waals surface area contributed by atoms with Gasteiger partial charge in [0.25, 0.3) is 5.91 Å². The van der Waals surface area contributed by atoms with E-state index in [0.29, 0.717) is 15.6 Å². The molecule has 138 valence electrons. The molecule has 1 aromatic carbocycles. The van der Waals surface area contributed by atoms with E-state index in [2.05, 4.69) is 10.3 Å². The largest absolute Gasteiger partial charge is 0.444 e. The number of alkyl carbamates (subject to hydrolysis) is 1. The van der Waals surface area contributed by atoms with Crippen molar-refractivity contribution in [1.29, 1.82) is 0 Å². The summed E-state index contributed by atoms with van der Waals surface area (Å²) in [6, 6.07) is 4.18. The normalized spacial score (nSPS) is 12.8. The Hall–Kier alpha value is -1.79. The first kappa shape index (κ1) is 21.3. The number of rotatable bonds is 5. The maximum absolute atomic E-state index is 12.4. The Morgan fingerprint density at radius 1 is 1.32 bits per heavy atom. The Morgan fingerprint density at radius 3 is 2.52 bits per heavy atom. The van der Waals surface area contributed by atoms with Gasteiger partial charge in [-0.1, -0.05) is 35.3 Å². The molecule has 2 amide bonds. The lowest BCUT2D eigenvalue weighted by atomic mass is 10.1. The minimum absolute atomic E-state index is 0.141. The standard InChI is InChI=1S/C17H23Cl2N3O3/c1-17(2,3)25-16(24)21-13(15(23)20-10-22(4)5)9-11-7-6-8-12(18)14(11)19/h6-8,10,13H,9H2,1-5H3,(H,21,24)/b20-10-. The molecule has 1 unspecified atom stereocenters. The van der Waals surface area contributed by atoms with Crippen LogP contribution in [0.15, 0.2) is 23.2 Å². The highest BCUT2D eigenvalue weighted by Gasteiger charge is 2.25. The van der Waals surface area contributed by atoms with Crippen LogP contribution in [-0.4, -0.2) is 49.0 Å². The van der Waals surface area contributed by atoms with Gasteiger partial charge >= 0.3 is 6.09 Å². The molecule has 0 saturated carbocycles. The Bertz CT molecular complexity index is 655. The predicted octanol–water partition coefficient (Wildman–Crippen LogP) is 3.55. The van der Waals surface area contributed by atoms with Crippen molar-refractivity contribution in [1.82, 2.24) is 10.2 Å². The quantitative estimate of drug-likeness (QED) is 0.619. The maximum atomic E-state index is 12.4. The summed E-state index contributed by atoms with van der Waals surface area (Å²) < 4.78 is 5.21. The number of benzene rings is 1. The highest BCUT2D eigenvalue weighted by Crippen LogP contribution is 2.26. The molecule has 6 nitrogen and oxygen atoms in total. The highest BCUT2D eigenvalue weighted by molar-refractivity contribution is 6.42. The molecular weight excluding hydrogens is 365 g/mol. The monoisotopic (exact) mass is 387 g/mol. The van der Waals surface area contributed by atoms with Gasteiger partial charge in [-0.25, -0.2) is 9.79 Å². The van der Waals surface area contributed by atoms with Crippen LogP contribution in [0.2, 0.25) is 10.0 Å². The molecule has 0 aliphatic carbocycles. The minimum Gasteiger partial charge on any atom is -0.444 e. The van der Waals surface area contributed by atoms with E-state index in [9.17, 15) is 9.59 Å². The van der Waals surface area contributed by atoms with Crippen molar-refractivity contribution >= 4 is 41.5 Å². The molecule has 1 rings (SSSR count). The third-order valence-electron chi connectivity index (χ3n) is 2.86. The van der Waals surface area contributed by atoms with E-state index in [0.717, 1.165) is 0 Å². The summed E-state index contributed by atoms with van der Waals surface area (Å²) in [6.45, 7) is 5.21. The van der Waals surface area contributed by atoms with Gasteiger partial charge in [0.15, 0.2) is 0 Å². The van der Waals surface area contributed by atoms with Crippen molar-refractivity contribution in [2.45, 2.75) is 38.8 Å². The lowest BCUT2D eigenvalue weighted by molar-refractivity contribution is -0.119. The molecule has 0 aromatic heterocycles. The summed E-state index contributed by atoms with van der Waals surface area (Å²) in [5.74, 6) is -0.518. The maximum Gasteiger partial charge on any atom is 0.408 e. The third kappa shape index (κ3) is 7.75. The van der Waals surface area contributed by atoms with E-state index in [-0.39, 0.29) is 6.42 Å². The van der Waals surface area contributed by atoms with Crippen LogP contribution in [0.5, 0.6) is 0 Å². The summed E-state index contributed by atoms with van der Waals surface area (Å²) in [5.41, 5.74) is -0.0539. The first-order valence-corrected chi connectivity index (χ1v) is 8.42. The number of aliphatic imine (C=N–C) groups is 1. The van der Waals surface area contributed by atoms with Gasteiger partial charge in [-0.3, -0.25) is 4.79 Å². The van der Waals surface area contributed by atoms with Crippen molar-refractivity contribution < 1.29 is 14.3 Å². The number of nitrogens with zero attached hydrogens (tertiary/aromatic N) is 2. The van der Waals surface area contributed by atoms with E-state index in [1.165, 1.54) is 6.34 Å². The average molecular weight is 388 g/mol. The first-order chi connectivity index (χ1) is 11.5. The Labute approximate surface area is 158 Å². The number of carbonyl (C=O) groups excluding carboxylic acids is 2. The van der Waals surface area contributed by atoms with Crippen LogP contribution in [0, 0.1) is 0 Å². The lowest BCUT2D eigenvalue weighted by Gasteiger charge is -2.22. The van der Waals surface area contributed by atoms with E-state index in [1.807, 2.05) is 0 Å². The molecule has 0 radical (unpaired) electrons. The molecule has 0 fully saturated rings. The fourth-order valence-electron chi connectivity index (χ4n) is 1.84. The fraction of sp³-hybridized carbons (Fsp3) is 0.471. The van der Waals surface area contributed by atoms with E-state index < -0.39 is 23.6 Å². The molecule has 1 aromatic rings. The smallest absolute Gasteiger partial charge is 0.408 e. The lowest BCUT2D eigenvalue weighted by Crippen LogP contribution is -2.44. The predicted molar refractivity (Wildman–Crippen MR) is 101 cm³/mol. The molecular formula is C17H23Cl2N3O3. The molecule has 0 spiro atoms. The summed E-state index contributed by atoms with van der Waals surface area (Å²) in [7, 11) is 3.47. The van der Waals surface area contributed by atoms with Gasteiger partial charge in [-0.05, 0) is 32.4 Å². The van der Waals surface area contributed by atoms with Crippen LogP contribution in [0.4, 0.5) is 4.79 Å². The topological polar surface area (TPSA) is 71.0 Å². The Morgan fingerprint density at radius 2 is 1.96 bits per heavy atom. The van der Waals surface area contributed by atoms with E-state index in [1.54, 1.807) is 58.0 Å². The number of halogens is 2. The molecule has 0 heterocycles. The molecule has 0 aliphatic heterocycles. The van der Waals surface area contributed by atoms with Crippen LogP contribution in [0.3, 0.4) is 0 Å². The van der Waals surface area contributed by atoms with Gasteiger partial charge in [0, 0.05) is 20.5 Å². The molecule has 1 N–H and O–H groups in total. The van der Waals surface area contributed by atoms with Crippen LogP contribution in [-0.2, 0) is 16.0 Å². The Kier molecular flexibility index (Phi) is 7.70. The number of carbonyl (C=O) groups is 2. The zero-order valence-electron chi connectivity index (χ0n) is 15.0. The number of ether oxygens (including phenoxy) is 1. The van der Waals surface area contributed by atoms with Crippen molar-refractivity contribution in [2.75, 3.05) is 14.1 Å². The van der Waals surface area contributed by atoms with Crippen molar-refractivity contribution in [2.24, 2.45) is 4.99 Å². The fourth-order valence-corrected chi connectivity index (χ4v) is 2.24. The van der Waals surface area contributed by atoms with Gasteiger partial charge in [0.1, 0.15) is 11.6 Å². The van der Waals surface area contributed by atoms with Crippen molar-refractivity contribution in [3.63, 3.8) is 0 Å². The number of amides is 2. The second-order valence-electron chi connectivity index (χ2n) is 6.66. The number of hydrogen-bond donors (Lipinski definition) is 1. The summed E-state index contributed by atoms with van der Waals surface area (Å²) in [4.78, 5) is 29.9. The molecule has 8 heteroatoms. The number of hydrogen-bond acceptors (Lipinski definition) is 3. The molecule has 0 aliphatic rings. The van der Waals surface area contributed by atoms with Crippen LogP contribution >= 0.6 is 23.2 Å². The molecule has 1 atom stereocenters.